The highest BCUT2D eigenvalue weighted by Gasteiger charge is 2.34. The minimum Gasteiger partial charge on any atom is -0.510 e. The van der Waals surface area contributed by atoms with Gasteiger partial charge in [0.05, 0.1) is 38.0 Å². The first-order chi connectivity index (χ1) is 40.6. The average Bonchev–Trinajstić information content (AvgIpc) is 2.75. The summed E-state index contributed by atoms with van der Waals surface area (Å²) < 4.78 is 172. The molecule has 0 atom stereocenters. The summed E-state index contributed by atoms with van der Waals surface area (Å²) in [6.45, 7) is 3.66. The molecule has 3 amide bonds. The molecule has 0 aliphatic rings. The number of rotatable bonds is 17. The Morgan fingerprint density at radius 1 is 0.483 bits per heavy atom. The number of nitrogens with one attached hydrogen (secondary N) is 3. The fraction of sp³-hybridized carbons (Fsp3) is 0.138. The van der Waals surface area contributed by atoms with Crippen molar-refractivity contribution in [1.29, 1.82) is 0 Å². The summed E-state index contributed by atoms with van der Waals surface area (Å²) in [7, 11) is 0. The summed E-state index contributed by atoms with van der Waals surface area (Å²) in [6.07, 6.45) is -19.9. The maximum Gasteiger partial charge on any atom is 0.416 e. The molecule has 0 bridgehead atoms. The van der Waals surface area contributed by atoms with Gasteiger partial charge in [-0.25, -0.2) is 0 Å². The topological polar surface area (TPSA) is 213 Å². The molecule has 0 spiro atoms. The van der Waals surface area contributed by atoms with Crippen LogP contribution in [-0.4, -0.2) is 33.7 Å². The fourth-order valence-corrected chi connectivity index (χ4v) is 7.86. The van der Waals surface area contributed by atoms with Gasteiger partial charge in [0, 0.05) is 34.5 Å². The molecule has 0 unspecified atom stereocenters. The zero-order valence-electron chi connectivity index (χ0n) is 44.4. The molecule has 0 aliphatic carbocycles. The van der Waals surface area contributed by atoms with Gasteiger partial charge in [-0.15, -0.1) is 20.5 Å². The van der Waals surface area contributed by atoms with Crippen LogP contribution in [0.4, 0.5) is 81.1 Å². The van der Waals surface area contributed by atoms with E-state index in [1.807, 2.05) is 0 Å². The molecule has 5 N–H and O–H groups in total. The molecule has 452 valence electrons. The largest absolute Gasteiger partial charge is 0.510 e. The number of amides is 3. The van der Waals surface area contributed by atoms with Crippen LogP contribution in [0.3, 0.4) is 0 Å². The number of hydrogen-bond donors (Lipinski definition) is 5. The lowest BCUT2D eigenvalue weighted by molar-refractivity contribution is -0.138. The van der Waals surface area contributed by atoms with E-state index in [0.29, 0.717) is 48.5 Å². The Morgan fingerprint density at radius 2 is 0.920 bits per heavy atom. The molecule has 15 nitrogen and oxygen atoms in total. The van der Waals surface area contributed by atoms with E-state index in [4.69, 9.17) is 32.7 Å². The van der Waals surface area contributed by atoms with Crippen molar-refractivity contribution in [3.63, 3.8) is 0 Å². The predicted molar refractivity (Wildman–Crippen MR) is 293 cm³/mol. The van der Waals surface area contributed by atoms with Gasteiger partial charge in [-0.1, -0.05) is 23.2 Å². The number of aliphatic hydroxyl groups is 2. The smallest absolute Gasteiger partial charge is 0.416 e. The Morgan fingerprint density at radius 3 is 1.40 bits per heavy atom. The average molecular weight is 1260 g/mol. The minimum atomic E-state index is -4.90. The fourth-order valence-electron chi connectivity index (χ4n) is 7.55. The third-order valence-corrected chi connectivity index (χ3v) is 12.6. The highest BCUT2D eigenvalue weighted by atomic mass is 35.5. The van der Waals surface area contributed by atoms with E-state index in [9.17, 15) is 82.1 Å². The van der Waals surface area contributed by atoms with Gasteiger partial charge in [-0.3, -0.25) is 19.2 Å². The van der Waals surface area contributed by atoms with Crippen LogP contribution in [-0.2, 0) is 40.7 Å². The van der Waals surface area contributed by atoms with Gasteiger partial charge in [0.15, 0.2) is 22.9 Å². The van der Waals surface area contributed by atoms with Gasteiger partial charge in [0.25, 0.3) is 17.7 Å². The van der Waals surface area contributed by atoms with Crippen molar-refractivity contribution in [2.75, 3.05) is 16.0 Å². The number of hydrogen-bond acceptors (Lipinski definition) is 12. The first kappa shape index (κ1) is 64.8. The van der Waals surface area contributed by atoms with E-state index in [2.05, 4.69) is 36.4 Å². The van der Waals surface area contributed by atoms with Crippen LogP contribution in [0.15, 0.2) is 183 Å². The first-order valence-electron chi connectivity index (χ1n) is 24.6. The van der Waals surface area contributed by atoms with Crippen LogP contribution in [0.25, 0.3) is 0 Å². The van der Waals surface area contributed by atoms with E-state index >= 15 is 0 Å². The number of benzene rings is 7. The molecular weight excluding hydrogens is 1220 g/mol. The van der Waals surface area contributed by atoms with Crippen molar-refractivity contribution >= 4 is 75.1 Å². The molecule has 0 aliphatic heterocycles. The lowest BCUT2D eigenvalue weighted by Gasteiger charge is -2.16. The Bertz CT molecular complexity index is 3930. The van der Waals surface area contributed by atoms with Crippen molar-refractivity contribution in [3.05, 3.63) is 217 Å². The Hall–Kier alpha value is -9.76. The zero-order valence-corrected chi connectivity index (χ0v) is 45.9. The lowest BCUT2D eigenvalue weighted by atomic mass is 10.00. The van der Waals surface area contributed by atoms with Crippen molar-refractivity contribution in [1.82, 2.24) is 0 Å². The van der Waals surface area contributed by atoms with Crippen LogP contribution < -0.4 is 25.4 Å². The number of azo groups is 2. The summed E-state index contributed by atoms with van der Waals surface area (Å²) in [4.78, 5) is 54.0. The summed E-state index contributed by atoms with van der Waals surface area (Å²) in [5, 5.41) is 43.3. The number of aliphatic hydroxyl groups excluding tert-OH is 2. The number of carbonyl (C=O) groups is 4. The number of carbonyl (C=O) groups excluding carboxylic acids is 4. The summed E-state index contributed by atoms with van der Waals surface area (Å²) in [5.74, 6) is -6.34. The highest BCUT2D eigenvalue weighted by molar-refractivity contribution is 6.33. The van der Waals surface area contributed by atoms with Gasteiger partial charge < -0.3 is 35.6 Å². The van der Waals surface area contributed by atoms with Crippen LogP contribution in [0.1, 0.15) is 67.9 Å². The number of alkyl halides is 12. The first-order valence-corrected chi connectivity index (χ1v) is 25.3. The molecule has 7 rings (SSSR count). The number of allylic oxidation sites excluding steroid dienone is 2. The standard InChI is InChI=1S/C58H39Cl2F12N7O8/c1-28-22-38(73-53(84)50(29(2)80)78-77-45-25-32(5-18-42(45)60)52(83)75-46-27-37(58(70,71)72)11-21-49(46)87-40-15-8-35(9-16-40)56(64,65)66)12-19-43(28)74-54(85)51(30(3)81)79-76-44-24-31(4-17-41(44)59)47(82)26-33-23-36(57(67,68)69)10-20-48(33)86-39-13-6-34(7-14-39)55(61,62)63/h4-25,27,80-81H,26H2,1-3H3,(H,73,84)(H,74,85)(H,75,83)/b50-29-,51-30-,78-77?,79-76?. The molecule has 0 fully saturated rings. The van der Waals surface area contributed by atoms with Crippen LogP contribution >= 0.6 is 23.2 Å². The monoisotopic (exact) mass is 1260 g/mol. The van der Waals surface area contributed by atoms with E-state index in [0.717, 1.165) is 74.5 Å². The van der Waals surface area contributed by atoms with Crippen LogP contribution in [0.2, 0.25) is 10.0 Å². The number of halogens is 14. The van der Waals surface area contributed by atoms with Crippen LogP contribution in [0.5, 0.6) is 23.0 Å². The zero-order chi connectivity index (χ0) is 63.9. The summed E-state index contributed by atoms with van der Waals surface area (Å²) in [6, 6.07) is 21.5. The Kier molecular flexibility index (Phi) is 19.5. The maximum atomic E-state index is 13.8. The number of Topliss-reactive ketones (excluding diaryl/α,β-unsaturated/α-hetero) is 1. The van der Waals surface area contributed by atoms with Gasteiger partial charge >= 0.3 is 24.7 Å². The van der Waals surface area contributed by atoms with Crippen molar-refractivity contribution in [2.24, 2.45) is 20.5 Å². The Labute approximate surface area is 493 Å². The Balaban J connectivity index is 1.01. The van der Waals surface area contributed by atoms with Gasteiger partial charge in [-0.2, -0.15) is 52.7 Å². The minimum absolute atomic E-state index is 0.0613. The molecular formula is C58H39Cl2F12N7O8. The van der Waals surface area contributed by atoms with Gasteiger partial charge in [0.1, 0.15) is 40.1 Å². The van der Waals surface area contributed by atoms with Crippen molar-refractivity contribution < 1.29 is 91.5 Å². The third kappa shape index (κ3) is 17.0. The number of ether oxygens (including phenoxy) is 2. The molecule has 29 heteroatoms. The van der Waals surface area contributed by atoms with E-state index in [1.165, 1.54) is 37.3 Å². The molecule has 0 aromatic heterocycles. The van der Waals surface area contributed by atoms with E-state index in [1.54, 1.807) is 0 Å². The van der Waals surface area contributed by atoms with E-state index in [-0.39, 0.29) is 78.0 Å². The van der Waals surface area contributed by atoms with E-state index < -0.39 is 105 Å². The maximum absolute atomic E-state index is 13.8. The van der Waals surface area contributed by atoms with Gasteiger partial charge in [-0.05, 0) is 166 Å². The number of ketones is 1. The summed E-state index contributed by atoms with van der Waals surface area (Å²) >= 11 is 12.6. The number of nitrogens with zero attached hydrogens (tertiary/aromatic N) is 4. The quantitative estimate of drug-likeness (QED) is 0.0194. The number of aryl methyl sites for hydroxylation is 1. The second-order valence-electron chi connectivity index (χ2n) is 18.4. The van der Waals surface area contributed by atoms with Crippen LogP contribution in [0, 0.1) is 6.92 Å². The van der Waals surface area contributed by atoms with Gasteiger partial charge in [0.2, 0.25) is 0 Å². The lowest BCUT2D eigenvalue weighted by Crippen LogP contribution is -2.17. The summed E-state index contributed by atoms with van der Waals surface area (Å²) in [5.41, 5.74) is -7.14. The molecule has 0 saturated carbocycles. The molecule has 87 heavy (non-hydrogen) atoms. The molecule has 7 aromatic carbocycles. The number of anilines is 3. The van der Waals surface area contributed by atoms with Crippen molar-refractivity contribution in [2.45, 2.75) is 51.9 Å². The molecule has 7 aromatic rings. The third-order valence-electron chi connectivity index (χ3n) is 12.0. The molecule has 0 saturated heterocycles. The molecule has 0 heterocycles. The normalized spacial score (nSPS) is 12.8. The molecule has 0 radical (unpaired) electrons. The second kappa shape index (κ2) is 26.2. The van der Waals surface area contributed by atoms with Crippen molar-refractivity contribution in [3.8, 4) is 23.0 Å². The highest BCUT2D eigenvalue weighted by Crippen LogP contribution is 2.41. The predicted octanol–water partition coefficient (Wildman–Crippen LogP) is 18.7. The second-order valence-corrected chi connectivity index (χ2v) is 19.2. The SMILES string of the molecule is C/C(O)=C(/N=Nc1cc(C(=O)Nc2cc(C(F)(F)F)ccc2Oc2ccc(C(F)(F)F)cc2)ccc1Cl)C(=O)Nc1ccc(NC(=O)/C(N=Nc2cc(C(=O)Cc3cc(C(F)(F)F)ccc3Oc3ccc(C(F)(F)F)cc3)ccc2Cl)=C(\C)O)c(C)c1.